The van der Waals surface area contributed by atoms with Crippen LogP contribution >= 0.6 is 22.9 Å². The first kappa shape index (κ1) is 27.2. The van der Waals surface area contributed by atoms with E-state index in [0.29, 0.717) is 33.9 Å². The van der Waals surface area contributed by atoms with Crippen LogP contribution in [-0.4, -0.2) is 65.3 Å². The SMILES string of the molecule is COc1ccc(CN(C2(C#N)COC2)S(=O)(=O)c2cc(Cl)c3cnc(-c4nnc(C(F)F)s4)n3c2)c(OC)c1. The van der Waals surface area contributed by atoms with E-state index < -0.39 is 27.0 Å². The van der Waals surface area contributed by atoms with Gasteiger partial charge in [0.15, 0.2) is 21.4 Å². The van der Waals surface area contributed by atoms with Crippen molar-refractivity contribution >= 4 is 38.5 Å². The Hall–Kier alpha value is -3.42. The van der Waals surface area contributed by atoms with Gasteiger partial charge < -0.3 is 14.2 Å². The van der Waals surface area contributed by atoms with E-state index in [1.807, 2.05) is 0 Å². The van der Waals surface area contributed by atoms with Crippen molar-refractivity contribution in [3.63, 3.8) is 0 Å². The second kappa shape index (κ2) is 10.3. The number of alkyl halides is 2. The summed E-state index contributed by atoms with van der Waals surface area (Å²) >= 11 is 7.07. The minimum atomic E-state index is -4.41. The van der Waals surface area contributed by atoms with Crippen LogP contribution in [0.1, 0.15) is 17.0 Å². The molecule has 11 nitrogen and oxygen atoms in total. The van der Waals surface area contributed by atoms with Crippen LogP contribution in [0.2, 0.25) is 5.02 Å². The topological polar surface area (TPSA) is 132 Å². The van der Waals surface area contributed by atoms with Crippen LogP contribution < -0.4 is 9.47 Å². The molecule has 0 atom stereocenters. The summed E-state index contributed by atoms with van der Waals surface area (Å²) in [6.07, 6.45) is -0.198. The number of nitriles is 1. The molecule has 0 bridgehead atoms. The molecule has 0 spiro atoms. The van der Waals surface area contributed by atoms with Gasteiger partial charge in [0.2, 0.25) is 10.0 Å². The summed E-state index contributed by atoms with van der Waals surface area (Å²) in [6.45, 7) is -0.517. The Morgan fingerprint density at radius 1 is 1.28 bits per heavy atom. The molecule has 5 rings (SSSR count). The normalized spacial score (nSPS) is 14.9. The van der Waals surface area contributed by atoms with Crippen molar-refractivity contribution in [3.8, 4) is 28.4 Å². The lowest BCUT2D eigenvalue weighted by atomic mass is 9.99. The van der Waals surface area contributed by atoms with E-state index in [0.717, 1.165) is 4.31 Å². The molecule has 16 heteroatoms. The van der Waals surface area contributed by atoms with Crippen LogP contribution in [0.25, 0.3) is 16.3 Å². The van der Waals surface area contributed by atoms with Gasteiger partial charge >= 0.3 is 0 Å². The van der Waals surface area contributed by atoms with Crippen LogP contribution in [0, 0.1) is 11.3 Å². The number of halogens is 3. The lowest BCUT2D eigenvalue weighted by molar-refractivity contribution is -0.0811. The van der Waals surface area contributed by atoms with E-state index in [2.05, 4.69) is 21.3 Å². The molecule has 1 saturated heterocycles. The highest BCUT2D eigenvalue weighted by molar-refractivity contribution is 7.89. The fraction of sp³-hybridized carbons (Fsp3) is 0.304. The molecule has 1 aliphatic heterocycles. The molecule has 0 unspecified atom stereocenters. The molecule has 39 heavy (non-hydrogen) atoms. The summed E-state index contributed by atoms with van der Waals surface area (Å²) in [6, 6.07) is 8.22. The first-order valence-electron chi connectivity index (χ1n) is 11.1. The number of hydrogen-bond acceptors (Lipinski definition) is 10. The lowest BCUT2D eigenvalue weighted by Gasteiger charge is -2.43. The first-order valence-corrected chi connectivity index (χ1v) is 13.8. The van der Waals surface area contributed by atoms with Gasteiger partial charge in [-0.2, -0.15) is 9.57 Å². The Kier molecular flexibility index (Phi) is 7.16. The maximum Gasteiger partial charge on any atom is 0.291 e. The van der Waals surface area contributed by atoms with E-state index in [9.17, 15) is 22.5 Å². The molecule has 1 fully saturated rings. The highest BCUT2D eigenvalue weighted by atomic mass is 35.5. The third-order valence-electron chi connectivity index (χ3n) is 6.15. The summed E-state index contributed by atoms with van der Waals surface area (Å²) in [5.41, 5.74) is -0.689. The van der Waals surface area contributed by atoms with E-state index in [4.69, 9.17) is 25.8 Å². The number of sulfonamides is 1. The summed E-state index contributed by atoms with van der Waals surface area (Å²) in [4.78, 5) is 3.94. The fourth-order valence-corrected chi connectivity index (χ4v) is 6.72. The standard InChI is InChI=1S/C23H19ClF2N6O5S2/c1-35-14-4-3-13(18(5-14)36-2)8-32(23(10-27)11-37-12-23)39(33,34)15-6-16(24)17-7-28-20(31(17)9-15)22-30-29-21(38-22)19(25)26/h3-7,9,19H,8,11-12H2,1-2H3. The monoisotopic (exact) mass is 596 g/mol. The van der Waals surface area contributed by atoms with Crippen LogP contribution in [-0.2, 0) is 21.3 Å². The molecule has 1 aliphatic rings. The van der Waals surface area contributed by atoms with Gasteiger partial charge in [0.05, 0.1) is 50.2 Å². The number of benzene rings is 1. The molecule has 3 aromatic heterocycles. The largest absolute Gasteiger partial charge is 0.497 e. The zero-order valence-electron chi connectivity index (χ0n) is 20.3. The van der Waals surface area contributed by atoms with Crippen molar-refractivity contribution < 1.29 is 31.4 Å². The van der Waals surface area contributed by atoms with Crippen molar-refractivity contribution in [1.29, 1.82) is 5.26 Å². The van der Waals surface area contributed by atoms with Gasteiger partial charge in [-0.1, -0.05) is 29.0 Å². The predicted molar refractivity (Wildman–Crippen MR) is 135 cm³/mol. The minimum Gasteiger partial charge on any atom is -0.497 e. The number of hydrogen-bond donors (Lipinski definition) is 0. The van der Waals surface area contributed by atoms with Crippen molar-refractivity contribution in [2.75, 3.05) is 27.4 Å². The predicted octanol–water partition coefficient (Wildman–Crippen LogP) is 3.94. The molecule has 4 aromatic rings. The van der Waals surface area contributed by atoms with Gasteiger partial charge in [-0.15, -0.1) is 10.2 Å². The number of fused-ring (bicyclic) bond motifs is 1. The Bertz CT molecular complexity index is 1700. The van der Waals surface area contributed by atoms with E-state index >= 15 is 0 Å². The summed E-state index contributed by atoms with van der Waals surface area (Å²) < 4.78 is 72.8. The minimum absolute atomic E-state index is 0.0336. The Morgan fingerprint density at radius 2 is 2.05 bits per heavy atom. The first-order chi connectivity index (χ1) is 18.6. The van der Waals surface area contributed by atoms with Crippen LogP contribution in [0.3, 0.4) is 0 Å². The molecule has 0 N–H and O–H groups in total. The summed E-state index contributed by atoms with van der Waals surface area (Å²) in [5.74, 6) is 0.946. The Morgan fingerprint density at radius 3 is 2.64 bits per heavy atom. The van der Waals surface area contributed by atoms with Gasteiger partial charge in [0, 0.05) is 24.4 Å². The van der Waals surface area contributed by atoms with E-state index in [1.54, 1.807) is 18.2 Å². The molecular formula is C23H19ClF2N6O5S2. The second-order valence-electron chi connectivity index (χ2n) is 8.43. The smallest absolute Gasteiger partial charge is 0.291 e. The molecule has 0 saturated carbocycles. The van der Waals surface area contributed by atoms with E-state index in [-0.39, 0.29) is 40.5 Å². The third kappa shape index (κ3) is 4.68. The van der Waals surface area contributed by atoms with Crippen molar-refractivity contribution in [2.45, 2.75) is 23.4 Å². The number of nitrogens with zero attached hydrogens (tertiary/aromatic N) is 6. The molecule has 204 valence electrons. The van der Waals surface area contributed by atoms with Gasteiger partial charge in [-0.3, -0.25) is 4.40 Å². The number of rotatable bonds is 9. The number of ether oxygens (including phenoxy) is 3. The average Bonchev–Trinajstić information content (AvgIpc) is 3.55. The number of pyridine rings is 1. The number of imidazole rings is 1. The van der Waals surface area contributed by atoms with Crippen molar-refractivity contribution in [3.05, 3.63) is 52.3 Å². The molecule has 4 heterocycles. The van der Waals surface area contributed by atoms with Gasteiger partial charge in [0.25, 0.3) is 6.43 Å². The summed E-state index contributed by atoms with van der Waals surface area (Å²) in [5, 5.41) is 16.9. The van der Waals surface area contributed by atoms with Gasteiger partial charge in [-0.25, -0.2) is 22.2 Å². The zero-order valence-corrected chi connectivity index (χ0v) is 22.7. The van der Waals surface area contributed by atoms with Crippen LogP contribution in [0.15, 0.2) is 41.6 Å². The highest BCUT2D eigenvalue weighted by Gasteiger charge is 2.51. The highest BCUT2D eigenvalue weighted by Crippen LogP contribution is 2.37. The van der Waals surface area contributed by atoms with Crippen LogP contribution in [0.4, 0.5) is 8.78 Å². The molecule has 0 aliphatic carbocycles. The molecular weight excluding hydrogens is 578 g/mol. The van der Waals surface area contributed by atoms with Gasteiger partial charge in [0.1, 0.15) is 16.4 Å². The number of methoxy groups -OCH3 is 2. The van der Waals surface area contributed by atoms with Crippen molar-refractivity contribution in [1.82, 2.24) is 23.9 Å². The zero-order chi connectivity index (χ0) is 27.9. The van der Waals surface area contributed by atoms with Gasteiger partial charge in [-0.05, 0) is 12.1 Å². The molecule has 0 amide bonds. The lowest BCUT2D eigenvalue weighted by Crippen LogP contribution is -2.62. The van der Waals surface area contributed by atoms with Crippen LogP contribution in [0.5, 0.6) is 11.5 Å². The Balaban J connectivity index is 1.63. The maximum atomic E-state index is 14.2. The molecule has 0 radical (unpaired) electrons. The fourth-order valence-electron chi connectivity index (χ4n) is 4.03. The van der Waals surface area contributed by atoms with E-state index in [1.165, 1.54) is 37.1 Å². The summed E-state index contributed by atoms with van der Waals surface area (Å²) in [7, 11) is -1.49. The Labute approximate surface area is 230 Å². The third-order valence-corrected chi connectivity index (χ3v) is 9.26. The number of aromatic nitrogens is 4. The second-order valence-corrected chi connectivity index (χ2v) is 11.7. The molecule has 1 aromatic carbocycles. The average molecular weight is 597 g/mol. The maximum absolute atomic E-state index is 14.2. The van der Waals surface area contributed by atoms with Crippen molar-refractivity contribution in [2.24, 2.45) is 0 Å². The quantitative estimate of drug-likeness (QED) is 0.282.